The number of hydrogen-bond donors (Lipinski definition) is 0. The minimum absolute atomic E-state index is 0.0937. The van der Waals surface area contributed by atoms with Crippen LogP contribution in [0.3, 0.4) is 0 Å². The Bertz CT molecular complexity index is 970. The third-order valence-corrected chi connectivity index (χ3v) is 5.40. The fourth-order valence-corrected chi connectivity index (χ4v) is 3.71. The lowest BCUT2D eigenvalue weighted by atomic mass is 9.95. The van der Waals surface area contributed by atoms with Crippen LogP contribution >= 0.6 is 0 Å². The molecule has 0 bridgehead atoms. The Balaban J connectivity index is 0.00000172. The van der Waals surface area contributed by atoms with Crippen LogP contribution in [0.15, 0.2) is 71.7 Å². The van der Waals surface area contributed by atoms with Gasteiger partial charge in [0, 0.05) is 41.2 Å². The lowest BCUT2D eigenvalue weighted by Crippen LogP contribution is -2.28. The summed E-state index contributed by atoms with van der Waals surface area (Å²) in [6.07, 6.45) is -0.510. The molecule has 6 heteroatoms. The number of halogens is 3. The fourth-order valence-electron chi connectivity index (χ4n) is 3.15. The second kappa shape index (κ2) is 12.2. The average molecular weight is 480 g/mol. The molecule has 0 heterocycles. The van der Waals surface area contributed by atoms with E-state index in [4.69, 9.17) is 0 Å². The fraction of sp³-hybridized carbons (Fsp3) is 0.407. The lowest BCUT2D eigenvalue weighted by Gasteiger charge is -2.31. The maximum Gasteiger partial charge on any atom is 0.415 e. The zero-order valence-electron chi connectivity index (χ0n) is 20.7. The van der Waals surface area contributed by atoms with Gasteiger partial charge in [0.25, 0.3) is 0 Å². The molecule has 0 aliphatic heterocycles. The minimum Gasteiger partial charge on any atom is -0.374 e. The number of hydrogen-bond acceptors (Lipinski definition) is 2. The third kappa shape index (κ3) is 9.58. The molecule has 0 fully saturated rings. The van der Waals surface area contributed by atoms with E-state index in [0.717, 1.165) is 22.1 Å². The Morgan fingerprint density at radius 2 is 1.58 bits per heavy atom. The molecule has 2 rings (SSSR count). The topological polar surface area (TPSA) is 20.3 Å². The van der Waals surface area contributed by atoms with Crippen molar-refractivity contribution >= 4 is 16.5 Å². The van der Waals surface area contributed by atoms with Gasteiger partial charge >= 0.3 is 6.18 Å². The SMILES string of the molecule is C=C(/C=C(/c1ccc(-c2cccc(S(C)=O)c2)cc1)N(C)CC(C)(C)C)C(F)(F)F.CCC. The van der Waals surface area contributed by atoms with Crippen molar-refractivity contribution in [1.29, 1.82) is 0 Å². The van der Waals surface area contributed by atoms with E-state index in [-0.39, 0.29) is 5.41 Å². The van der Waals surface area contributed by atoms with Crippen molar-refractivity contribution in [3.63, 3.8) is 0 Å². The normalized spacial score (nSPS) is 13.1. The molecular formula is C27H36F3NOS. The Hall–Kier alpha value is -2.34. The monoisotopic (exact) mass is 479 g/mol. The van der Waals surface area contributed by atoms with E-state index in [1.165, 1.54) is 6.42 Å². The Morgan fingerprint density at radius 1 is 1.03 bits per heavy atom. The van der Waals surface area contributed by atoms with Crippen LogP contribution in [0, 0.1) is 5.41 Å². The minimum atomic E-state index is -4.48. The van der Waals surface area contributed by atoms with Gasteiger partial charge in [-0.15, -0.1) is 0 Å². The summed E-state index contributed by atoms with van der Waals surface area (Å²) in [7, 11) is 0.698. The zero-order valence-corrected chi connectivity index (χ0v) is 21.5. The molecule has 2 aromatic rings. The van der Waals surface area contributed by atoms with Gasteiger partial charge in [-0.05, 0) is 40.3 Å². The number of rotatable bonds is 6. The molecule has 1 atom stereocenters. The van der Waals surface area contributed by atoms with E-state index in [0.29, 0.717) is 17.8 Å². The summed E-state index contributed by atoms with van der Waals surface area (Å²) in [6.45, 7) is 14.1. The van der Waals surface area contributed by atoms with Gasteiger partial charge in [0.2, 0.25) is 0 Å². The van der Waals surface area contributed by atoms with Crippen LogP contribution in [0.4, 0.5) is 13.2 Å². The van der Waals surface area contributed by atoms with Gasteiger partial charge in [-0.2, -0.15) is 13.2 Å². The Kier molecular flexibility index (Phi) is 10.6. The van der Waals surface area contributed by atoms with Crippen molar-refractivity contribution in [2.75, 3.05) is 19.8 Å². The smallest absolute Gasteiger partial charge is 0.374 e. The van der Waals surface area contributed by atoms with Gasteiger partial charge in [-0.25, -0.2) is 0 Å². The maximum absolute atomic E-state index is 13.1. The van der Waals surface area contributed by atoms with Crippen LogP contribution in [-0.2, 0) is 10.8 Å². The van der Waals surface area contributed by atoms with Gasteiger partial charge in [0.1, 0.15) is 0 Å². The Labute approximate surface area is 199 Å². The summed E-state index contributed by atoms with van der Waals surface area (Å²) in [5.74, 6) is 0. The largest absolute Gasteiger partial charge is 0.415 e. The summed E-state index contributed by atoms with van der Waals surface area (Å²) in [5.41, 5.74) is 1.96. The molecule has 0 aliphatic rings. The van der Waals surface area contributed by atoms with Gasteiger partial charge in [-0.1, -0.05) is 84.0 Å². The van der Waals surface area contributed by atoms with Crippen molar-refractivity contribution in [1.82, 2.24) is 4.90 Å². The first-order chi connectivity index (χ1) is 15.2. The summed E-state index contributed by atoms with van der Waals surface area (Å²) >= 11 is 0. The van der Waals surface area contributed by atoms with Crippen molar-refractivity contribution in [3.8, 4) is 11.1 Å². The van der Waals surface area contributed by atoms with Crippen LogP contribution in [0.25, 0.3) is 16.8 Å². The molecule has 182 valence electrons. The van der Waals surface area contributed by atoms with Crippen molar-refractivity contribution in [3.05, 3.63) is 72.3 Å². The van der Waals surface area contributed by atoms with Gasteiger partial charge in [-0.3, -0.25) is 4.21 Å². The summed E-state index contributed by atoms with van der Waals surface area (Å²) < 4.78 is 51.1. The highest BCUT2D eigenvalue weighted by molar-refractivity contribution is 7.84. The number of allylic oxidation sites excluding steroid dienone is 2. The number of benzene rings is 2. The summed E-state index contributed by atoms with van der Waals surface area (Å²) in [6, 6.07) is 14.8. The van der Waals surface area contributed by atoms with E-state index in [1.807, 2.05) is 56.0 Å². The van der Waals surface area contributed by atoms with Crippen LogP contribution < -0.4 is 0 Å². The zero-order chi connectivity index (χ0) is 25.4. The highest BCUT2D eigenvalue weighted by Gasteiger charge is 2.31. The van der Waals surface area contributed by atoms with Crippen LogP contribution in [0.2, 0.25) is 0 Å². The molecule has 0 aromatic heterocycles. The second-order valence-corrected chi connectivity index (χ2v) is 10.6. The molecule has 0 saturated heterocycles. The van der Waals surface area contributed by atoms with E-state index in [2.05, 4.69) is 20.4 Å². The van der Waals surface area contributed by atoms with Gasteiger partial charge in [0.05, 0.1) is 5.57 Å². The third-order valence-electron chi connectivity index (χ3n) is 4.48. The number of nitrogens with zero attached hydrogens (tertiary/aromatic N) is 1. The van der Waals surface area contributed by atoms with E-state index in [9.17, 15) is 17.4 Å². The second-order valence-electron chi connectivity index (χ2n) is 9.24. The quantitative estimate of drug-likeness (QED) is 0.392. The molecule has 0 saturated carbocycles. The van der Waals surface area contributed by atoms with Crippen molar-refractivity contribution in [2.24, 2.45) is 5.41 Å². The van der Waals surface area contributed by atoms with Crippen LogP contribution in [-0.4, -0.2) is 35.1 Å². The molecular weight excluding hydrogens is 443 g/mol. The van der Waals surface area contributed by atoms with E-state index in [1.54, 1.807) is 31.5 Å². The highest BCUT2D eigenvalue weighted by atomic mass is 32.2. The predicted molar refractivity (Wildman–Crippen MR) is 135 cm³/mol. The lowest BCUT2D eigenvalue weighted by molar-refractivity contribution is -0.0878. The number of alkyl halides is 3. The summed E-state index contributed by atoms with van der Waals surface area (Å²) in [4.78, 5) is 2.55. The average Bonchev–Trinajstić information content (AvgIpc) is 2.70. The first-order valence-corrected chi connectivity index (χ1v) is 12.5. The van der Waals surface area contributed by atoms with Gasteiger partial charge in [0.15, 0.2) is 0 Å². The molecule has 0 spiro atoms. The Morgan fingerprint density at radius 3 is 2.03 bits per heavy atom. The molecule has 1 unspecified atom stereocenters. The van der Waals surface area contributed by atoms with E-state index < -0.39 is 22.5 Å². The molecule has 33 heavy (non-hydrogen) atoms. The van der Waals surface area contributed by atoms with Crippen molar-refractivity contribution < 1.29 is 17.4 Å². The van der Waals surface area contributed by atoms with Crippen molar-refractivity contribution in [2.45, 2.75) is 52.1 Å². The summed E-state index contributed by atoms with van der Waals surface area (Å²) in [5, 5.41) is 0. The molecule has 0 radical (unpaired) electrons. The molecule has 0 amide bonds. The molecule has 2 aromatic carbocycles. The van der Waals surface area contributed by atoms with Gasteiger partial charge < -0.3 is 4.90 Å². The molecule has 2 nitrogen and oxygen atoms in total. The standard InChI is InChI=1S/C24H28F3NOS.C3H8/c1-17(24(25,26)27)14-22(28(5)16-23(2,3)4)19-12-10-18(11-13-19)20-8-7-9-21(15-20)30(6)29;1-3-2/h7-15H,1,16H2,2-6H3;3H2,1-2H3/b22-14-;. The predicted octanol–water partition coefficient (Wildman–Crippen LogP) is 7.94. The first kappa shape index (κ1) is 28.7. The van der Waals surface area contributed by atoms with Crippen LogP contribution in [0.5, 0.6) is 0 Å². The van der Waals surface area contributed by atoms with E-state index >= 15 is 0 Å². The molecule has 0 aliphatic carbocycles. The molecule has 0 N–H and O–H groups in total. The van der Waals surface area contributed by atoms with Crippen LogP contribution in [0.1, 0.15) is 46.6 Å². The first-order valence-electron chi connectivity index (χ1n) is 10.9. The highest BCUT2D eigenvalue weighted by Crippen LogP contribution is 2.31. The maximum atomic E-state index is 13.1.